The van der Waals surface area contributed by atoms with E-state index in [-0.39, 0.29) is 17.4 Å². The summed E-state index contributed by atoms with van der Waals surface area (Å²) in [5.74, 6) is -0.513. The third-order valence-corrected chi connectivity index (χ3v) is 7.22. The summed E-state index contributed by atoms with van der Waals surface area (Å²) < 4.78 is 104. The molecule has 1 saturated heterocycles. The Labute approximate surface area is 220 Å². The highest BCUT2D eigenvalue weighted by atomic mass is 19.4. The van der Waals surface area contributed by atoms with Crippen LogP contribution in [0.3, 0.4) is 0 Å². The molecule has 2 aliphatic rings. The van der Waals surface area contributed by atoms with Gasteiger partial charge >= 0.3 is 12.5 Å². The van der Waals surface area contributed by atoms with Crippen LogP contribution in [0.1, 0.15) is 36.2 Å². The number of aromatic amines is 1. The van der Waals surface area contributed by atoms with E-state index in [4.69, 9.17) is 4.74 Å². The van der Waals surface area contributed by atoms with Crippen LogP contribution in [0.5, 0.6) is 11.5 Å². The molecule has 0 radical (unpaired) electrons. The van der Waals surface area contributed by atoms with Crippen molar-refractivity contribution in [3.05, 3.63) is 59.3 Å². The van der Waals surface area contributed by atoms with Crippen molar-refractivity contribution in [2.75, 3.05) is 32.9 Å². The monoisotopic (exact) mass is 559 g/mol. The Morgan fingerprint density at radius 3 is 2.46 bits per heavy atom. The molecule has 2 aliphatic heterocycles. The van der Waals surface area contributed by atoms with Gasteiger partial charge in [-0.2, -0.15) is 13.2 Å². The molecule has 1 fully saturated rings. The van der Waals surface area contributed by atoms with Gasteiger partial charge in [0.25, 0.3) is 0 Å². The molecule has 1 aromatic heterocycles. The number of hydrogen-bond donors (Lipinski definition) is 1. The van der Waals surface area contributed by atoms with Crippen molar-refractivity contribution in [1.29, 1.82) is 0 Å². The molecule has 2 unspecified atom stereocenters. The van der Waals surface area contributed by atoms with Gasteiger partial charge in [-0.25, -0.2) is 0 Å². The molecule has 0 aliphatic carbocycles. The topological polar surface area (TPSA) is 40.7 Å². The maximum Gasteiger partial charge on any atom is 0.573 e. The number of aromatic nitrogens is 1. The van der Waals surface area contributed by atoms with Gasteiger partial charge in [-0.15, -0.1) is 13.2 Å². The molecule has 0 bridgehead atoms. The quantitative estimate of drug-likeness (QED) is 0.325. The molecular weight excluding hydrogens is 531 g/mol. The number of ether oxygens (including phenoxy) is 2. The predicted molar refractivity (Wildman–Crippen MR) is 131 cm³/mol. The molecule has 5 nitrogen and oxygen atoms in total. The molecule has 39 heavy (non-hydrogen) atoms. The number of rotatable bonds is 8. The van der Waals surface area contributed by atoms with Gasteiger partial charge in [0, 0.05) is 53.9 Å². The van der Waals surface area contributed by atoms with Crippen LogP contribution < -0.4 is 9.47 Å². The van der Waals surface area contributed by atoms with Gasteiger partial charge in [0.15, 0.2) is 0 Å². The minimum Gasteiger partial charge on any atom is -0.488 e. The molecule has 0 saturated carbocycles. The lowest BCUT2D eigenvalue weighted by molar-refractivity contribution is -0.275. The Kier molecular flexibility index (Phi) is 7.45. The SMILES string of the molecule is CC1Cc2c([nH]c3ccccc23)C(c2ccc(OC3CN(CCCF)C3)cc2OC(F)(F)F)N1CC(F)(F)F. The van der Waals surface area contributed by atoms with E-state index in [0.29, 0.717) is 43.7 Å². The van der Waals surface area contributed by atoms with Crippen LogP contribution in [0.4, 0.5) is 30.7 Å². The molecule has 0 amide bonds. The maximum absolute atomic E-state index is 13.7. The summed E-state index contributed by atoms with van der Waals surface area (Å²) in [6, 6.07) is 9.29. The van der Waals surface area contributed by atoms with Crippen molar-refractivity contribution in [1.82, 2.24) is 14.8 Å². The largest absolute Gasteiger partial charge is 0.573 e. The molecule has 1 N–H and O–H groups in total. The van der Waals surface area contributed by atoms with E-state index in [1.165, 1.54) is 12.1 Å². The third kappa shape index (κ3) is 6.11. The van der Waals surface area contributed by atoms with Crippen molar-refractivity contribution in [3.63, 3.8) is 0 Å². The zero-order valence-corrected chi connectivity index (χ0v) is 21.1. The minimum atomic E-state index is -5.08. The first-order valence-corrected chi connectivity index (χ1v) is 12.7. The van der Waals surface area contributed by atoms with Gasteiger partial charge in [0.2, 0.25) is 0 Å². The van der Waals surface area contributed by atoms with Crippen LogP contribution in [0, 0.1) is 0 Å². The van der Waals surface area contributed by atoms with Crippen LogP contribution in [0.25, 0.3) is 10.9 Å². The molecule has 3 heterocycles. The van der Waals surface area contributed by atoms with E-state index >= 15 is 0 Å². The van der Waals surface area contributed by atoms with E-state index in [2.05, 4.69) is 9.72 Å². The Bertz CT molecular complexity index is 1300. The predicted octanol–water partition coefficient (Wildman–Crippen LogP) is 6.39. The number of halogens is 7. The van der Waals surface area contributed by atoms with Crippen LogP contribution in [0.15, 0.2) is 42.5 Å². The van der Waals surface area contributed by atoms with Crippen molar-refractivity contribution >= 4 is 10.9 Å². The van der Waals surface area contributed by atoms with Crippen LogP contribution in [0.2, 0.25) is 0 Å². The van der Waals surface area contributed by atoms with Gasteiger partial charge in [-0.05, 0) is 43.5 Å². The Morgan fingerprint density at radius 1 is 1.03 bits per heavy atom. The Balaban J connectivity index is 1.54. The first-order valence-electron chi connectivity index (χ1n) is 12.7. The minimum absolute atomic E-state index is 0.0542. The highest BCUT2D eigenvalue weighted by Crippen LogP contribution is 2.46. The summed E-state index contributed by atoms with van der Waals surface area (Å²) in [6.45, 7) is 1.43. The van der Waals surface area contributed by atoms with Gasteiger partial charge in [-0.1, -0.05) is 18.2 Å². The number of nitrogens with one attached hydrogen (secondary N) is 1. The van der Waals surface area contributed by atoms with E-state index in [1.54, 1.807) is 19.1 Å². The number of H-pyrrole nitrogens is 1. The highest BCUT2D eigenvalue weighted by Gasteiger charge is 2.44. The lowest BCUT2D eigenvalue weighted by Gasteiger charge is -2.42. The second-order valence-electron chi connectivity index (χ2n) is 10.1. The first-order chi connectivity index (χ1) is 18.4. The molecule has 3 aromatic rings. The number of hydrogen-bond acceptors (Lipinski definition) is 4. The number of para-hydroxylation sites is 1. The number of alkyl halides is 7. The lowest BCUT2D eigenvalue weighted by Crippen LogP contribution is -2.53. The molecule has 12 heteroatoms. The summed E-state index contributed by atoms with van der Waals surface area (Å²) in [7, 11) is 0. The smallest absolute Gasteiger partial charge is 0.488 e. The van der Waals surface area contributed by atoms with E-state index in [1.807, 2.05) is 17.0 Å². The fourth-order valence-electron chi connectivity index (χ4n) is 5.58. The number of fused-ring (bicyclic) bond motifs is 3. The highest BCUT2D eigenvalue weighted by molar-refractivity contribution is 5.85. The van der Waals surface area contributed by atoms with Crippen LogP contribution in [-0.4, -0.2) is 72.3 Å². The fourth-order valence-corrected chi connectivity index (χ4v) is 5.58. The summed E-state index contributed by atoms with van der Waals surface area (Å²) >= 11 is 0. The molecule has 2 aromatic carbocycles. The van der Waals surface area contributed by atoms with Gasteiger partial charge in [-0.3, -0.25) is 14.2 Å². The van der Waals surface area contributed by atoms with E-state index in [0.717, 1.165) is 21.9 Å². The second-order valence-corrected chi connectivity index (χ2v) is 10.1. The van der Waals surface area contributed by atoms with E-state index < -0.39 is 43.6 Å². The molecule has 212 valence electrons. The maximum atomic E-state index is 13.7. The standard InChI is InChI=1S/C27H28F7N3O2/c1-16-11-21-19-5-2-3-6-22(19)35-24(21)25(37(16)15-26(29,30)31)20-8-7-17(12-23(20)39-27(32,33)34)38-18-13-36(14-18)10-4-9-28/h2-3,5-8,12,16,18,25,35H,4,9-11,13-15H2,1H3. The summed E-state index contributed by atoms with van der Waals surface area (Å²) in [4.78, 5) is 6.29. The van der Waals surface area contributed by atoms with Crippen LogP contribution >= 0.6 is 0 Å². The first kappa shape index (κ1) is 27.6. The second kappa shape index (κ2) is 10.5. The Hall–Kier alpha value is -2.99. The van der Waals surface area contributed by atoms with Crippen molar-refractivity contribution in [3.8, 4) is 11.5 Å². The molecule has 5 rings (SSSR count). The zero-order valence-electron chi connectivity index (χ0n) is 21.1. The lowest BCUT2D eigenvalue weighted by atomic mass is 9.88. The molecule has 2 atom stereocenters. The summed E-state index contributed by atoms with van der Waals surface area (Å²) in [5, 5.41) is 0.816. The third-order valence-electron chi connectivity index (χ3n) is 7.22. The number of likely N-dealkylation sites (tertiary alicyclic amines) is 1. The Morgan fingerprint density at radius 2 is 1.77 bits per heavy atom. The van der Waals surface area contributed by atoms with Crippen molar-refractivity contribution in [2.24, 2.45) is 0 Å². The fraction of sp³-hybridized carbons (Fsp3) is 0.481. The van der Waals surface area contributed by atoms with Crippen LogP contribution in [-0.2, 0) is 6.42 Å². The van der Waals surface area contributed by atoms with Crippen molar-refractivity contribution < 1.29 is 40.2 Å². The summed E-state index contributed by atoms with van der Waals surface area (Å²) in [5.41, 5.74) is 1.81. The van der Waals surface area contributed by atoms with E-state index in [9.17, 15) is 30.7 Å². The average molecular weight is 560 g/mol. The number of nitrogens with zero attached hydrogens (tertiary/aromatic N) is 2. The molecule has 0 spiro atoms. The summed E-state index contributed by atoms with van der Waals surface area (Å²) in [6.07, 6.45) is -9.28. The van der Waals surface area contributed by atoms with Gasteiger partial charge < -0.3 is 14.5 Å². The molecular formula is C27H28F7N3O2. The van der Waals surface area contributed by atoms with Crippen molar-refractivity contribution in [2.45, 2.75) is 50.5 Å². The number of benzene rings is 2. The van der Waals surface area contributed by atoms with Gasteiger partial charge in [0.05, 0.1) is 19.3 Å². The average Bonchev–Trinajstić information content (AvgIpc) is 3.18. The van der Waals surface area contributed by atoms with Gasteiger partial charge in [0.1, 0.15) is 17.6 Å². The zero-order chi connectivity index (χ0) is 27.9. The normalized spacial score (nSPS) is 21.1.